The highest BCUT2D eigenvalue weighted by Gasteiger charge is 2.39. The molecule has 1 unspecified atom stereocenters. The van der Waals surface area contributed by atoms with Crippen LogP contribution in [0.2, 0.25) is 0 Å². The van der Waals surface area contributed by atoms with Crippen molar-refractivity contribution in [2.45, 2.75) is 59.5 Å². The zero-order valence-corrected chi connectivity index (χ0v) is 10.5. The highest BCUT2D eigenvalue weighted by Crippen LogP contribution is 2.42. The molecule has 0 aromatic carbocycles. The van der Waals surface area contributed by atoms with Crippen LogP contribution in [0.3, 0.4) is 0 Å². The molecular weight excluding hydrogens is 190 g/mol. The van der Waals surface area contributed by atoms with Crippen LogP contribution in [0, 0.1) is 11.3 Å². The number of hydrogen-bond acceptors (Lipinski definition) is 2. The van der Waals surface area contributed by atoms with E-state index in [1.54, 1.807) is 0 Å². The second kappa shape index (κ2) is 4.12. The van der Waals surface area contributed by atoms with E-state index in [1.807, 2.05) is 20.8 Å². The lowest BCUT2D eigenvalue weighted by molar-refractivity contribution is -0.152. The monoisotopic (exact) mass is 213 g/mol. The minimum Gasteiger partial charge on any atom is -0.272 e. The van der Waals surface area contributed by atoms with Crippen LogP contribution in [0.1, 0.15) is 53.9 Å². The van der Waals surface area contributed by atoms with Crippen LogP contribution in [-0.4, -0.2) is 11.5 Å². The van der Waals surface area contributed by atoms with E-state index in [2.05, 4.69) is 19.3 Å². The largest absolute Gasteiger partial charge is 0.272 e. The number of amides is 1. The Hall–Kier alpha value is -0.570. The van der Waals surface area contributed by atoms with Crippen molar-refractivity contribution in [2.24, 2.45) is 11.3 Å². The standard InChI is InChI=1S/C12H23NO2/c1-11(2,3)15-13-10(14)9-7-6-8-12(9,4)5/h9H,6-8H2,1-5H3,(H,13,14). The van der Waals surface area contributed by atoms with Gasteiger partial charge in [-0.1, -0.05) is 20.3 Å². The van der Waals surface area contributed by atoms with Gasteiger partial charge >= 0.3 is 0 Å². The SMILES string of the molecule is CC(C)(C)ONC(=O)C1CCCC1(C)C. The molecule has 1 aliphatic carbocycles. The van der Waals surface area contributed by atoms with Gasteiger partial charge in [0.1, 0.15) is 0 Å². The van der Waals surface area contributed by atoms with E-state index < -0.39 is 0 Å². The first-order valence-corrected chi connectivity index (χ1v) is 5.70. The lowest BCUT2D eigenvalue weighted by Gasteiger charge is -2.27. The van der Waals surface area contributed by atoms with Gasteiger partial charge in [-0.05, 0) is 39.0 Å². The maximum atomic E-state index is 11.9. The van der Waals surface area contributed by atoms with Gasteiger partial charge in [0.15, 0.2) is 0 Å². The lowest BCUT2D eigenvalue weighted by atomic mass is 9.81. The predicted molar refractivity (Wildman–Crippen MR) is 60.1 cm³/mol. The summed E-state index contributed by atoms with van der Waals surface area (Å²) < 4.78 is 0. The minimum absolute atomic E-state index is 0.0347. The van der Waals surface area contributed by atoms with Gasteiger partial charge in [0.05, 0.1) is 5.60 Å². The molecule has 88 valence electrons. The van der Waals surface area contributed by atoms with Crippen molar-refractivity contribution in [1.29, 1.82) is 0 Å². The third-order valence-electron chi connectivity index (χ3n) is 3.03. The molecule has 0 aliphatic heterocycles. The average molecular weight is 213 g/mol. The summed E-state index contributed by atoms with van der Waals surface area (Å²) in [7, 11) is 0. The highest BCUT2D eigenvalue weighted by molar-refractivity contribution is 5.78. The predicted octanol–water partition coefficient (Wildman–Crippen LogP) is 2.66. The molecule has 0 radical (unpaired) electrons. The zero-order chi connectivity index (χ0) is 11.7. The van der Waals surface area contributed by atoms with E-state index in [-0.39, 0.29) is 22.8 Å². The van der Waals surface area contributed by atoms with Crippen molar-refractivity contribution < 1.29 is 9.63 Å². The van der Waals surface area contributed by atoms with Crippen LogP contribution < -0.4 is 5.48 Å². The minimum atomic E-state index is -0.321. The van der Waals surface area contributed by atoms with Crippen molar-refractivity contribution in [1.82, 2.24) is 5.48 Å². The third-order valence-corrected chi connectivity index (χ3v) is 3.03. The summed E-state index contributed by atoms with van der Waals surface area (Å²) in [5, 5.41) is 0. The molecule has 1 fully saturated rings. The summed E-state index contributed by atoms with van der Waals surface area (Å²) in [5.74, 6) is 0.132. The van der Waals surface area contributed by atoms with Gasteiger partial charge in [-0.25, -0.2) is 5.48 Å². The van der Waals surface area contributed by atoms with Gasteiger partial charge in [-0.2, -0.15) is 0 Å². The average Bonchev–Trinajstić information content (AvgIpc) is 2.40. The smallest absolute Gasteiger partial charge is 0.247 e. The van der Waals surface area contributed by atoms with Crippen molar-refractivity contribution >= 4 is 5.91 Å². The first-order chi connectivity index (χ1) is 6.72. The Morgan fingerprint density at radius 1 is 1.40 bits per heavy atom. The van der Waals surface area contributed by atoms with Crippen molar-refractivity contribution in [3.05, 3.63) is 0 Å². The number of hydrogen-bond donors (Lipinski definition) is 1. The number of carbonyl (C=O) groups excluding carboxylic acids is 1. The molecule has 1 amide bonds. The van der Waals surface area contributed by atoms with Crippen LogP contribution in [0.25, 0.3) is 0 Å². The summed E-state index contributed by atoms with van der Waals surface area (Å²) in [5.41, 5.74) is 2.38. The van der Waals surface area contributed by atoms with Gasteiger partial charge in [-0.15, -0.1) is 0 Å². The summed E-state index contributed by atoms with van der Waals surface area (Å²) in [4.78, 5) is 17.2. The van der Waals surface area contributed by atoms with Gasteiger partial charge in [0, 0.05) is 5.92 Å². The van der Waals surface area contributed by atoms with Gasteiger partial charge < -0.3 is 0 Å². The Bertz CT molecular complexity index is 240. The van der Waals surface area contributed by atoms with E-state index in [0.717, 1.165) is 19.3 Å². The molecule has 0 bridgehead atoms. The quantitative estimate of drug-likeness (QED) is 0.716. The fourth-order valence-electron chi connectivity index (χ4n) is 2.09. The summed E-state index contributed by atoms with van der Waals surface area (Å²) >= 11 is 0. The molecule has 0 aromatic rings. The Kier molecular flexibility index (Phi) is 3.44. The maximum Gasteiger partial charge on any atom is 0.247 e. The van der Waals surface area contributed by atoms with Gasteiger partial charge in [0.25, 0.3) is 0 Å². The molecular formula is C12H23NO2. The molecule has 0 saturated heterocycles. The van der Waals surface area contributed by atoms with Crippen molar-refractivity contribution in [2.75, 3.05) is 0 Å². The molecule has 3 heteroatoms. The van der Waals surface area contributed by atoms with E-state index >= 15 is 0 Å². The Balaban J connectivity index is 2.48. The lowest BCUT2D eigenvalue weighted by Crippen LogP contribution is -2.40. The molecule has 1 aliphatic rings. The number of nitrogens with one attached hydrogen (secondary N) is 1. The molecule has 3 nitrogen and oxygen atoms in total. The molecule has 0 spiro atoms. The highest BCUT2D eigenvalue weighted by atomic mass is 16.7. The summed E-state index contributed by atoms with van der Waals surface area (Å²) in [6.07, 6.45) is 3.24. The van der Waals surface area contributed by atoms with E-state index in [4.69, 9.17) is 4.84 Å². The van der Waals surface area contributed by atoms with Crippen LogP contribution in [0.4, 0.5) is 0 Å². The molecule has 1 saturated carbocycles. The normalized spacial score (nSPS) is 25.3. The van der Waals surface area contributed by atoms with Gasteiger partial charge in [-0.3, -0.25) is 9.63 Å². The summed E-state index contributed by atoms with van der Waals surface area (Å²) in [6, 6.07) is 0. The third kappa shape index (κ3) is 3.49. The maximum absolute atomic E-state index is 11.9. The fourth-order valence-corrected chi connectivity index (χ4v) is 2.09. The molecule has 1 rings (SSSR count). The second-order valence-electron chi connectivity index (χ2n) is 6.11. The van der Waals surface area contributed by atoms with Crippen LogP contribution in [0.15, 0.2) is 0 Å². The number of rotatable bonds is 2. The molecule has 1 N–H and O–H groups in total. The van der Waals surface area contributed by atoms with Crippen LogP contribution >= 0.6 is 0 Å². The molecule has 15 heavy (non-hydrogen) atoms. The Morgan fingerprint density at radius 3 is 2.40 bits per heavy atom. The van der Waals surface area contributed by atoms with Crippen LogP contribution in [-0.2, 0) is 9.63 Å². The van der Waals surface area contributed by atoms with E-state index in [1.165, 1.54) is 0 Å². The van der Waals surface area contributed by atoms with E-state index in [9.17, 15) is 4.79 Å². The molecule has 0 heterocycles. The van der Waals surface area contributed by atoms with Gasteiger partial charge in [0.2, 0.25) is 5.91 Å². The first-order valence-electron chi connectivity index (χ1n) is 5.70. The Morgan fingerprint density at radius 2 is 2.00 bits per heavy atom. The Labute approximate surface area is 92.5 Å². The zero-order valence-electron chi connectivity index (χ0n) is 10.5. The molecule has 0 aromatic heterocycles. The first kappa shape index (κ1) is 12.5. The van der Waals surface area contributed by atoms with Crippen molar-refractivity contribution in [3.63, 3.8) is 0 Å². The second-order valence-corrected chi connectivity index (χ2v) is 6.11. The number of carbonyl (C=O) groups is 1. The topological polar surface area (TPSA) is 38.3 Å². The van der Waals surface area contributed by atoms with Crippen LogP contribution in [0.5, 0.6) is 0 Å². The number of hydroxylamine groups is 1. The summed E-state index contributed by atoms with van der Waals surface area (Å²) in [6.45, 7) is 10.1. The van der Waals surface area contributed by atoms with E-state index in [0.29, 0.717) is 0 Å². The fraction of sp³-hybridized carbons (Fsp3) is 0.917. The van der Waals surface area contributed by atoms with Crippen molar-refractivity contribution in [3.8, 4) is 0 Å². The molecule has 1 atom stereocenters.